The number of nitrogens with zero attached hydrogens (tertiary/aromatic N) is 2. The minimum Gasteiger partial charge on any atom is -0.441 e. The number of hydrogen-bond donors (Lipinski definition) is 2. The van der Waals surface area contributed by atoms with Gasteiger partial charge in [0.2, 0.25) is 0 Å². The van der Waals surface area contributed by atoms with Crippen molar-refractivity contribution in [3.8, 4) is 10.7 Å². The van der Waals surface area contributed by atoms with Crippen LogP contribution in [0, 0.1) is 0 Å². The second kappa shape index (κ2) is 7.55. The van der Waals surface area contributed by atoms with Crippen LogP contribution >= 0.6 is 11.3 Å². The number of rotatable bonds is 6. The highest BCUT2D eigenvalue weighted by Crippen LogP contribution is 2.19. The molecular formula is C19H16N4O3S. The number of aryl methyl sites for hydroxylation is 1. The first-order valence-electron chi connectivity index (χ1n) is 8.46. The van der Waals surface area contributed by atoms with Crippen molar-refractivity contribution >= 4 is 28.3 Å². The number of nitrogens with one attached hydrogen (secondary N) is 2. The van der Waals surface area contributed by atoms with Crippen LogP contribution in [0.5, 0.6) is 0 Å². The molecule has 4 aromatic rings. The van der Waals surface area contributed by atoms with Gasteiger partial charge < -0.3 is 14.7 Å². The number of fused-ring (bicyclic) bond motifs is 1. The lowest BCUT2D eigenvalue weighted by Crippen LogP contribution is -2.31. The number of carbonyl (C=O) groups excluding carboxylic acids is 1. The Hall–Kier alpha value is -3.26. The second-order valence-corrected chi connectivity index (χ2v) is 6.83. The zero-order valence-corrected chi connectivity index (χ0v) is 15.1. The monoisotopic (exact) mass is 380 g/mol. The Morgan fingerprint density at radius 3 is 2.89 bits per heavy atom. The quantitative estimate of drug-likeness (QED) is 0.501. The first kappa shape index (κ1) is 17.2. The predicted octanol–water partition coefficient (Wildman–Crippen LogP) is 3.00. The Balaban J connectivity index is 1.33. The van der Waals surface area contributed by atoms with Crippen molar-refractivity contribution in [3.63, 3.8) is 0 Å². The highest BCUT2D eigenvalue weighted by atomic mass is 32.1. The topological polar surface area (TPSA) is 101 Å². The van der Waals surface area contributed by atoms with Crippen LogP contribution in [0.2, 0.25) is 0 Å². The third-order valence-electron chi connectivity index (χ3n) is 3.99. The van der Waals surface area contributed by atoms with Crippen molar-refractivity contribution in [3.05, 3.63) is 69.8 Å². The fraction of sp³-hybridized carbons (Fsp3) is 0.158. The average Bonchev–Trinajstić information content (AvgIpc) is 3.34. The number of aromatic nitrogens is 3. The molecule has 1 amide bonds. The summed E-state index contributed by atoms with van der Waals surface area (Å²) in [5.41, 5.74) is 1.11. The van der Waals surface area contributed by atoms with E-state index in [4.69, 9.17) is 4.42 Å². The molecule has 2 N–H and O–H groups in total. The molecule has 0 saturated heterocycles. The largest absolute Gasteiger partial charge is 0.441 e. The molecule has 0 unspecified atom stereocenters. The molecule has 0 spiro atoms. The Bertz CT molecular complexity index is 1100. The fourth-order valence-corrected chi connectivity index (χ4v) is 3.34. The van der Waals surface area contributed by atoms with Gasteiger partial charge in [-0.1, -0.05) is 18.2 Å². The van der Waals surface area contributed by atoms with E-state index >= 15 is 0 Å². The van der Waals surface area contributed by atoms with Crippen LogP contribution < -0.4 is 10.9 Å². The molecule has 0 bridgehead atoms. The van der Waals surface area contributed by atoms with E-state index in [2.05, 4.69) is 20.3 Å². The van der Waals surface area contributed by atoms with Crippen LogP contribution in [0.3, 0.4) is 0 Å². The van der Waals surface area contributed by atoms with Gasteiger partial charge in [0, 0.05) is 19.2 Å². The summed E-state index contributed by atoms with van der Waals surface area (Å²) in [5, 5.41) is 4.63. The molecule has 8 heteroatoms. The summed E-state index contributed by atoms with van der Waals surface area (Å²) < 4.78 is 5.64. The Morgan fingerprint density at radius 1 is 1.22 bits per heavy atom. The number of aromatic amines is 1. The van der Waals surface area contributed by atoms with E-state index < -0.39 is 11.5 Å². The number of oxazole rings is 1. The van der Waals surface area contributed by atoms with E-state index in [1.165, 1.54) is 17.5 Å². The Kier molecular flexibility index (Phi) is 4.80. The number of carbonyl (C=O) groups is 1. The minimum atomic E-state index is -0.454. The molecule has 0 atom stereocenters. The van der Waals surface area contributed by atoms with Gasteiger partial charge in [0.1, 0.15) is 16.9 Å². The summed E-state index contributed by atoms with van der Waals surface area (Å²) in [5.74, 6) is 0.645. The molecule has 1 aromatic carbocycles. The summed E-state index contributed by atoms with van der Waals surface area (Å²) in [6, 6.07) is 11.3. The zero-order chi connectivity index (χ0) is 18.6. The van der Waals surface area contributed by atoms with Crippen molar-refractivity contribution in [1.29, 1.82) is 0 Å². The second-order valence-electron chi connectivity index (χ2n) is 5.89. The normalized spacial score (nSPS) is 11.0. The van der Waals surface area contributed by atoms with Gasteiger partial charge in [-0.3, -0.25) is 9.59 Å². The van der Waals surface area contributed by atoms with Crippen molar-refractivity contribution in [2.45, 2.75) is 12.8 Å². The van der Waals surface area contributed by atoms with E-state index in [-0.39, 0.29) is 5.56 Å². The molecule has 4 rings (SSSR count). The molecule has 0 aliphatic heterocycles. The van der Waals surface area contributed by atoms with E-state index in [1.54, 1.807) is 0 Å². The van der Waals surface area contributed by atoms with E-state index in [9.17, 15) is 9.59 Å². The smallest absolute Gasteiger partial charge is 0.264 e. The van der Waals surface area contributed by atoms with Gasteiger partial charge in [-0.15, -0.1) is 11.3 Å². The van der Waals surface area contributed by atoms with Crippen molar-refractivity contribution in [2.75, 3.05) is 6.54 Å². The fourth-order valence-electron chi connectivity index (χ4n) is 2.66. The molecule has 3 heterocycles. The van der Waals surface area contributed by atoms with Crippen LogP contribution in [0.25, 0.3) is 21.8 Å². The van der Waals surface area contributed by atoms with Crippen molar-refractivity contribution < 1.29 is 9.21 Å². The lowest BCUT2D eigenvalue weighted by Gasteiger charge is -2.04. The molecular weight excluding hydrogens is 364 g/mol. The van der Waals surface area contributed by atoms with E-state index in [1.807, 2.05) is 41.8 Å². The molecule has 0 aliphatic carbocycles. The van der Waals surface area contributed by atoms with Gasteiger partial charge >= 0.3 is 0 Å². The molecule has 0 aliphatic rings. The average molecular weight is 380 g/mol. The van der Waals surface area contributed by atoms with Crippen LogP contribution in [-0.4, -0.2) is 27.4 Å². The molecule has 0 fully saturated rings. The summed E-state index contributed by atoms with van der Waals surface area (Å²) in [7, 11) is 0. The number of thiophene rings is 1. The van der Waals surface area contributed by atoms with Crippen LogP contribution in [-0.2, 0) is 6.42 Å². The van der Waals surface area contributed by atoms with Gasteiger partial charge in [-0.2, -0.15) is 0 Å². The molecule has 0 saturated carbocycles. The SMILES string of the molecule is O=C(NCCCc1nc2ccccc2o1)c1cnc(-c2cccs2)[nH]c1=O. The summed E-state index contributed by atoms with van der Waals surface area (Å²) in [4.78, 5) is 36.4. The maximum Gasteiger partial charge on any atom is 0.264 e. The lowest BCUT2D eigenvalue weighted by atomic mass is 10.2. The first-order chi connectivity index (χ1) is 13.2. The Labute approximate surface area is 158 Å². The Morgan fingerprint density at radius 2 is 2.11 bits per heavy atom. The number of para-hydroxylation sites is 2. The van der Waals surface area contributed by atoms with Gasteiger partial charge in [0.05, 0.1) is 4.88 Å². The predicted molar refractivity (Wildman–Crippen MR) is 103 cm³/mol. The van der Waals surface area contributed by atoms with Crippen LogP contribution in [0.4, 0.5) is 0 Å². The molecule has 7 nitrogen and oxygen atoms in total. The summed E-state index contributed by atoms with van der Waals surface area (Å²) >= 11 is 1.47. The maximum atomic E-state index is 12.2. The molecule has 136 valence electrons. The molecule has 0 radical (unpaired) electrons. The number of H-pyrrole nitrogens is 1. The lowest BCUT2D eigenvalue weighted by molar-refractivity contribution is 0.0951. The van der Waals surface area contributed by atoms with Crippen LogP contribution in [0.1, 0.15) is 22.7 Å². The molecule has 3 aromatic heterocycles. The van der Waals surface area contributed by atoms with Crippen molar-refractivity contribution in [1.82, 2.24) is 20.3 Å². The highest BCUT2D eigenvalue weighted by molar-refractivity contribution is 7.13. The maximum absolute atomic E-state index is 12.2. The van der Waals surface area contributed by atoms with Gasteiger partial charge in [-0.25, -0.2) is 9.97 Å². The third-order valence-corrected chi connectivity index (χ3v) is 4.87. The van der Waals surface area contributed by atoms with Gasteiger partial charge in [0.15, 0.2) is 11.5 Å². The summed E-state index contributed by atoms with van der Waals surface area (Å²) in [6.45, 7) is 0.406. The number of hydrogen-bond acceptors (Lipinski definition) is 6. The van der Waals surface area contributed by atoms with Gasteiger partial charge in [-0.05, 0) is 30.0 Å². The number of benzene rings is 1. The van der Waals surface area contributed by atoms with Crippen LogP contribution in [0.15, 0.2) is 57.2 Å². The van der Waals surface area contributed by atoms with E-state index in [0.717, 1.165) is 16.0 Å². The van der Waals surface area contributed by atoms with Gasteiger partial charge in [0.25, 0.3) is 11.5 Å². The third kappa shape index (κ3) is 3.80. The minimum absolute atomic E-state index is 0.00262. The standard InChI is InChI=1S/C19H16N4O3S/c24-18(12-11-21-17(23-19(12)25)15-7-4-10-27-15)20-9-3-8-16-22-13-5-1-2-6-14(13)26-16/h1-2,4-7,10-11H,3,8-9H2,(H,20,24)(H,21,23,25). The molecule has 27 heavy (non-hydrogen) atoms. The van der Waals surface area contributed by atoms with Crippen molar-refractivity contribution in [2.24, 2.45) is 0 Å². The zero-order valence-electron chi connectivity index (χ0n) is 14.3. The number of amides is 1. The van der Waals surface area contributed by atoms with E-state index in [0.29, 0.717) is 31.1 Å². The summed E-state index contributed by atoms with van der Waals surface area (Å²) in [6.07, 6.45) is 2.56. The highest BCUT2D eigenvalue weighted by Gasteiger charge is 2.13. The first-order valence-corrected chi connectivity index (χ1v) is 9.34.